The van der Waals surface area contributed by atoms with Gasteiger partial charge in [0.15, 0.2) is 0 Å². The van der Waals surface area contributed by atoms with Crippen LogP contribution in [0.2, 0.25) is 0 Å². The van der Waals surface area contributed by atoms with Gasteiger partial charge in [0.1, 0.15) is 0 Å². The molecule has 2 fully saturated rings. The summed E-state index contributed by atoms with van der Waals surface area (Å²) in [4.78, 5) is 13.6. The van der Waals surface area contributed by atoms with Crippen molar-refractivity contribution in [2.24, 2.45) is 5.92 Å². The number of rotatable bonds is 3. The van der Waals surface area contributed by atoms with Gasteiger partial charge >= 0.3 is 5.97 Å². The van der Waals surface area contributed by atoms with Crippen LogP contribution in [0.4, 0.5) is 0 Å². The lowest BCUT2D eigenvalue weighted by Crippen LogP contribution is -2.53. The fourth-order valence-corrected chi connectivity index (χ4v) is 3.67. The van der Waals surface area contributed by atoms with E-state index in [1.54, 1.807) is 0 Å². The SMILES string of the molecule is CC1CCCC1(CC(=O)O)N1CCCCC1. The second-order valence-electron chi connectivity index (χ2n) is 5.52. The molecule has 0 aromatic heterocycles. The fourth-order valence-electron chi connectivity index (χ4n) is 3.67. The van der Waals surface area contributed by atoms with Crippen molar-refractivity contribution in [1.29, 1.82) is 0 Å². The van der Waals surface area contributed by atoms with Crippen LogP contribution in [0.25, 0.3) is 0 Å². The van der Waals surface area contributed by atoms with Gasteiger partial charge in [-0.2, -0.15) is 0 Å². The number of aliphatic carboxylic acids is 1. The zero-order valence-electron chi connectivity index (χ0n) is 10.2. The van der Waals surface area contributed by atoms with Crippen molar-refractivity contribution in [1.82, 2.24) is 4.90 Å². The summed E-state index contributed by atoms with van der Waals surface area (Å²) in [7, 11) is 0. The predicted molar refractivity (Wildman–Crippen MR) is 63.4 cm³/mol. The summed E-state index contributed by atoms with van der Waals surface area (Å²) in [5.41, 5.74) is -0.0216. The second kappa shape index (κ2) is 4.74. The second-order valence-corrected chi connectivity index (χ2v) is 5.52. The summed E-state index contributed by atoms with van der Waals surface area (Å²) in [5, 5.41) is 9.16. The molecule has 0 spiro atoms. The first kappa shape index (κ1) is 11.9. The Morgan fingerprint density at radius 1 is 1.31 bits per heavy atom. The molecule has 1 N–H and O–H groups in total. The van der Waals surface area contributed by atoms with Crippen LogP contribution in [0.5, 0.6) is 0 Å². The first-order valence-corrected chi connectivity index (χ1v) is 6.62. The topological polar surface area (TPSA) is 40.5 Å². The number of carbonyl (C=O) groups is 1. The maximum absolute atomic E-state index is 11.1. The molecule has 1 heterocycles. The van der Waals surface area contributed by atoms with Crippen molar-refractivity contribution in [2.45, 2.75) is 57.4 Å². The van der Waals surface area contributed by atoms with Crippen LogP contribution in [0.15, 0.2) is 0 Å². The molecule has 3 heteroatoms. The molecule has 2 unspecified atom stereocenters. The summed E-state index contributed by atoms with van der Waals surface area (Å²) in [6, 6.07) is 0. The molecule has 2 atom stereocenters. The molecule has 2 aliphatic rings. The highest BCUT2D eigenvalue weighted by Crippen LogP contribution is 2.43. The van der Waals surface area contributed by atoms with Gasteiger partial charge < -0.3 is 5.11 Å². The molecule has 16 heavy (non-hydrogen) atoms. The minimum absolute atomic E-state index is 0.0216. The van der Waals surface area contributed by atoms with Crippen molar-refractivity contribution < 1.29 is 9.90 Å². The maximum Gasteiger partial charge on any atom is 0.305 e. The molecule has 1 aliphatic heterocycles. The van der Waals surface area contributed by atoms with Gasteiger partial charge in [-0.05, 0) is 44.7 Å². The van der Waals surface area contributed by atoms with Gasteiger partial charge in [0, 0.05) is 5.54 Å². The van der Waals surface area contributed by atoms with Crippen molar-refractivity contribution in [2.75, 3.05) is 13.1 Å². The lowest BCUT2D eigenvalue weighted by molar-refractivity contribution is -0.141. The van der Waals surface area contributed by atoms with E-state index in [1.807, 2.05) is 0 Å². The molecule has 0 aromatic carbocycles. The molecule has 0 radical (unpaired) electrons. The normalized spacial score (nSPS) is 36.4. The maximum atomic E-state index is 11.1. The van der Waals surface area contributed by atoms with Gasteiger partial charge in [-0.25, -0.2) is 0 Å². The van der Waals surface area contributed by atoms with E-state index < -0.39 is 5.97 Å². The lowest BCUT2D eigenvalue weighted by Gasteiger charge is -2.45. The Kier molecular flexibility index (Phi) is 3.53. The zero-order valence-corrected chi connectivity index (χ0v) is 10.2. The van der Waals surface area contributed by atoms with E-state index >= 15 is 0 Å². The Morgan fingerprint density at radius 3 is 2.50 bits per heavy atom. The number of carboxylic acid groups (broad SMARTS) is 1. The van der Waals surface area contributed by atoms with E-state index in [9.17, 15) is 4.79 Å². The van der Waals surface area contributed by atoms with Crippen molar-refractivity contribution in [3.8, 4) is 0 Å². The summed E-state index contributed by atoms with van der Waals surface area (Å²) >= 11 is 0. The first-order valence-electron chi connectivity index (χ1n) is 6.62. The van der Waals surface area contributed by atoms with Crippen LogP contribution in [0.3, 0.4) is 0 Å². The Balaban J connectivity index is 2.15. The van der Waals surface area contributed by atoms with Crippen molar-refractivity contribution in [3.63, 3.8) is 0 Å². The summed E-state index contributed by atoms with van der Waals surface area (Å²) in [6.07, 6.45) is 7.62. The minimum atomic E-state index is -0.626. The molecule has 1 saturated carbocycles. The van der Waals surface area contributed by atoms with E-state index in [0.717, 1.165) is 19.5 Å². The summed E-state index contributed by atoms with van der Waals surface area (Å²) in [6.45, 7) is 4.46. The van der Waals surface area contributed by atoms with Gasteiger partial charge in [0.2, 0.25) is 0 Å². The fraction of sp³-hybridized carbons (Fsp3) is 0.923. The number of piperidine rings is 1. The molecule has 2 rings (SSSR count). The molecule has 1 aliphatic carbocycles. The molecule has 0 aromatic rings. The van der Waals surface area contributed by atoms with Crippen LogP contribution in [-0.4, -0.2) is 34.6 Å². The summed E-state index contributed by atoms with van der Waals surface area (Å²) < 4.78 is 0. The highest BCUT2D eigenvalue weighted by atomic mass is 16.4. The predicted octanol–water partition coefficient (Wildman–Crippen LogP) is 2.51. The Labute approximate surface area is 97.8 Å². The average Bonchev–Trinajstić information content (AvgIpc) is 2.62. The van der Waals surface area contributed by atoms with E-state index in [0.29, 0.717) is 12.3 Å². The molecule has 0 amide bonds. The van der Waals surface area contributed by atoms with E-state index in [4.69, 9.17) is 5.11 Å². The lowest BCUT2D eigenvalue weighted by atomic mass is 9.82. The van der Waals surface area contributed by atoms with Crippen LogP contribution < -0.4 is 0 Å². The van der Waals surface area contributed by atoms with Crippen molar-refractivity contribution >= 4 is 5.97 Å². The van der Waals surface area contributed by atoms with Gasteiger partial charge in [0.05, 0.1) is 6.42 Å². The highest BCUT2D eigenvalue weighted by molar-refractivity contribution is 5.68. The Morgan fingerprint density at radius 2 is 2.00 bits per heavy atom. The van der Waals surface area contributed by atoms with Crippen LogP contribution >= 0.6 is 0 Å². The van der Waals surface area contributed by atoms with E-state index in [2.05, 4.69) is 11.8 Å². The van der Waals surface area contributed by atoms with Gasteiger partial charge in [-0.3, -0.25) is 9.69 Å². The first-order chi connectivity index (χ1) is 7.65. The Bertz CT molecular complexity index is 261. The molecule has 92 valence electrons. The standard InChI is InChI=1S/C13H23NO2/c1-11-6-5-7-13(11,10-12(15)16)14-8-3-2-4-9-14/h11H,2-10H2,1H3,(H,15,16). The monoisotopic (exact) mass is 225 g/mol. The molecule has 0 bridgehead atoms. The van der Waals surface area contributed by atoms with E-state index in [-0.39, 0.29) is 5.54 Å². The third-order valence-electron chi connectivity index (χ3n) is 4.61. The number of nitrogens with zero attached hydrogens (tertiary/aromatic N) is 1. The summed E-state index contributed by atoms with van der Waals surface area (Å²) in [5.74, 6) is -0.0824. The molecular formula is C13H23NO2. The van der Waals surface area contributed by atoms with Gasteiger partial charge in [-0.15, -0.1) is 0 Å². The van der Waals surface area contributed by atoms with Crippen molar-refractivity contribution in [3.05, 3.63) is 0 Å². The number of hydrogen-bond donors (Lipinski definition) is 1. The number of carboxylic acids is 1. The minimum Gasteiger partial charge on any atom is -0.481 e. The quantitative estimate of drug-likeness (QED) is 0.802. The smallest absolute Gasteiger partial charge is 0.305 e. The number of hydrogen-bond acceptors (Lipinski definition) is 2. The molecular weight excluding hydrogens is 202 g/mol. The van der Waals surface area contributed by atoms with Gasteiger partial charge in [0.25, 0.3) is 0 Å². The third kappa shape index (κ3) is 2.10. The average molecular weight is 225 g/mol. The van der Waals surface area contributed by atoms with Crippen LogP contribution in [0.1, 0.15) is 51.9 Å². The largest absolute Gasteiger partial charge is 0.481 e. The Hall–Kier alpha value is -0.570. The molecule has 1 saturated heterocycles. The number of likely N-dealkylation sites (tertiary alicyclic amines) is 1. The highest BCUT2D eigenvalue weighted by Gasteiger charge is 2.46. The van der Waals surface area contributed by atoms with E-state index in [1.165, 1.54) is 32.1 Å². The van der Waals surface area contributed by atoms with Gasteiger partial charge in [-0.1, -0.05) is 19.8 Å². The van der Waals surface area contributed by atoms with Crippen LogP contribution in [-0.2, 0) is 4.79 Å². The van der Waals surface area contributed by atoms with Crippen LogP contribution in [0, 0.1) is 5.92 Å². The zero-order chi connectivity index (χ0) is 11.6. The third-order valence-corrected chi connectivity index (χ3v) is 4.61. The molecule has 3 nitrogen and oxygen atoms in total.